The lowest BCUT2D eigenvalue weighted by atomic mass is 9.93. The Kier molecular flexibility index (Phi) is 5.84. The largest absolute Gasteiger partial charge is 0.413 e. The number of benzene rings is 1. The van der Waals surface area contributed by atoms with Gasteiger partial charge < -0.3 is 9.33 Å². The smallest absolute Gasteiger partial charge is 0.192 e. The van der Waals surface area contributed by atoms with Gasteiger partial charge in [0, 0.05) is 18.7 Å². The molecule has 132 valence electrons. The van der Waals surface area contributed by atoms with E-state index in [0.29, 0.717) is 6.61 Å². The van der Waals surface area contributed by atoms with Crippen molar-refractivity contribution in [2.45, 2.75) is 51.9 Å². The number of nitrogens with zero attached hydrogens (tertiary/aromatic N) is 1. The standard InChI is InChI=1S/C20H31NO2Si/c1-20(2,3)24(5,6)23-15-16-7-9-17(10-8-16)19-11-12-21(4)13-18(19)14-22/h7-10,14H,11-13,15H2,1-6H3. The highest BCUT2D eigenvalue weighted by molar-refractivity contribution is 6.74. The number of hydrogen-bond acceptors (Lipinski definition) is 3. The van der Waals surface area contributed by atoms with Crippen molar-refractivity contribution in [3.05, 3.63) is 41.0 Å². The zero-order valence-corrected chi connectivity index (χ0v) is 17.0. The second-order valence-electron chi connectivity index (χ2n) is 8.36. The summed E-state index contributed by atoms with van der Waals surface area (Å²) in [7, 11) is 0.338. The Hall–Kier alpha value is -1.23. The molecule has 24 heavy (non-hydrogen) atoms. The molecular formula is C20H31NO2Si. The third-order valence-corrected chi connectivity index (χ3v) is 9.90. The maximum atomic E-state index is 11.4. The van der Waals surface area contributed by atoms with Gasteiger partial charge in [-0.2, -0.15) is 0 Å². The molecule has 0 N–H and O–H groups in total. The van der Waals surface area contributed by atoms with E-state index in [-0.39, 0.29) is 5.04 Å². The minimum absolute atomic E-state index is 0.227. The maximum Gasteiger partial charge on any atom is 0.192 e. The van der Waals surface area contributed by atoms with Gasteiger partial charge in [-0.25, -0.2) is 0 Å². The lowest BCUT2D eigenvalue weighted by Gasteiger charge is -2.36. The normalized spacial score (nSPS) is 17.2. The van der Waals surface area contributed by atoms with Crippen LogP contribution in [0.4, 0.5) is 0 Å². The van der Waals surface area contributed by atoms with Crippen molar-refractivity contribution in [2.24, 2.45) is 0 Å². The SMILES string of the molecule is CN1CCC(c2ccc(CO[Si](C)(C)C(C)(C)C)cc2)=C(C=O)C1. The van der Waals surface area contributed by atoms with Gasteiger partial charge in [0.05, 0.1) is 6.61 Å². The summed E-state index contributed by atoms with van der Waals surface area (Å²) in [6.45, 7) is 13.8. The lowest BCUT2D eigenvalue weighted by Crippen LogP contribution is -2.40. The Morgan fingerprint density at radius 1 is 1.21 bits per heavy atom. The average Bonchev–Trinajstić information content (AvgIpc) is 2.52. The summed E-state index contributed by atoms with van der Waals surface area (Å²) in [6.07, 6.45) is 1.95. The number of aldehydes is 1. The van der Waals surface area contributed by atoms with Crippen LogP contribution in [-0.4, -0.2) is 39.6 Å². The van der Waals surface area contributed by atoms with Crippen molar-refractivity contribution >= 4 is 20.2 Å². The molecule has 4 heteroatoms. The van der Waals surface area contributed by atoms with Gasteiger partial charge in [0.2, 0.25) is 0 Å². The molecule has 0 radical (unpaired) electrons. The van der Waals surface area contributed by atoms with Crippen LogP contribution < -0.4 is 0 Å². The second kappa shape index (κ2) is 7.34. The Morgan fingerprint density at radius 2 is 1.83 bits per heavy atom. The fourth-order valence-corrected chi connectivity index (χ4v) is 3.61. The minimum Gasteiger partial charge on any atom is -0.413 e. The molecule has 1 heterocycles. The first-order valence-electron chi connectivity index (χ1n) is 8.73. The van der Waals surface area contributed by atoms with E-state index < -0.39 is 8.32 Å². The molecule has 0 aromatic heterocycles. The van der Waals surface area contributed by atoms with Crippen LogP contribution in [0.3, 0.4) is 0 Å². The highest BCUT2D eigenvalue weighted by Gasteiger charge is 2.37. The first-order chi connectivity index (χ1) is 11.1. The van der Waals surface area contributed by atoms with Crippen LogP contribution in [0.15, 0.2) is 29.8 Å². The van der Waals surface area contributed by atoms with Gasteiger partial charge >= 0.3 is 0 Å². The van der Waals surface area contributed by atoms with Crippen LogP contribution in [0.5, 0.6) is 0 Å². The van der Waals surface area contributed by atoms with Gasteiger partial charge in [0.25, 0.3) is 0 Å². The third-order valence-electron chi connectivity index (χ3n) is 5.42. The van der Waals surface area contributed by atoms with E-state index in [1.165, 1.54) is 16.7 Å². The van der Waals surface area contributed by atoms with Crippen LogP contribution >= 0.6 is 0 Å². The summed E-state index contributed by atoms with van der Waals surface area (Å²) >= 11 is 0. The number of carbonyl (C=O) groups is 1. The van der Waals surface area contributed by atoms with E-state index in [0.717, 1.165) is 31.4 Å². The van der Waals surface area contributed by atoms with Crippen LogP contribution in [0.1, 0.15) is 38.3 Å². The molecule has 1 aromatic carbocycles. The van der Waals surface area contributed by atoms with Gasteiger partial charge in [-0.1, -0.05) is 45.0 Å². The highest BCUT2D eigenvalue weighted by atomic mass is 28.4. The van der Waals surface area contributed by atoms with Gasteiger partial charge in [0.15, 0.2) is 8.32 Å². The van der Waals surface area contributed by atoms with Crippen LogP contribution in [0.2, 0.25) is 18.1 Å². The Balaban J connectivity index is 2.10. The molecule has 0 amide bonds. The van der Waals surface area contributed by atoms with Crippen molar-refractivity contribution < 1.29 is 9.22 Å². The summed E-state index contributed by atoms with van der Waals surface area (Å²) in [6, 6.07) is 8.54. The van der Waals surface area contributed by atoms with E-state index in [4.69, 9.17) is 4.43 Å². The summed E-state index contributed by atoms with van der Waals surface area (Å²) < 4.78 is 6.29. The molecule has 0 aliphatic carbocycles. The molecule has 1 aromatic rings. The molecule has 1 aliphatic heterocycles. The number of hydrogen-bond donors (Lipinski definition) is 0. The van der Waals surface area contributed by atoms with Crippen LogP contribution in [0, 0.1) is 0 Å². The molecule has 0 fully saturated rings. The Labute approximate surface area is 147 Å². The Bertz CT molecular complexity index is 612. The van der Waals surface area contributed by atoms with E-state index >= 15 is 0 Å². The predicted molar refractivity (Wildman–Crippen MR) is 104 cm³/mol. The molecule has 1 aliphatic rings. The Morgan fingerprint density at radius 3 is 2.38 bits per heavy atom. The lowest BCUT2D eigenvalue weighted by molar-refractivity contribution is -0.105. The van der Waals surface area contributed by atoms with Crippen LogP contribution in [0.25, 0.3) is 5.57 Å². The first-order valence-corrected chi connectivity index (χ1v) is 11.6. The first kappa shape index (κ1) is 19.1. The maximum absolute atomic E-state index is 11.4. The molecule has 0 saturated heterocycles. The fraction of sp³-hybridized carbons (Fsp3) is 0.550. The molecule has 0 saturated carbocycles. The third kappa shape index (κ3) is 4.44. The number of likely N-dealkylation sites (N-methyl/N-ethyl adjacent to an activating group) is 1. The molecule has 0 atom stereocenters. The van der Waals surface area contributed by atoms with Crippen molar-refractivity contribution in [2.75, 3.05) is 20.1 Å². The number of carbonyl (C=O) groups excluding carboxylic acids is 1. The van der Waals surface area contributed by atoms with Gasteiger partial charge in [-0.15, -0.1) is 0 Å². The van der Waals surface area contributed by atoms with Crippen molar-refractivity contribution in [3.63, 3.8) is 0 Å². The average molecular weight is 346 g/mol. The fourth-order valence-electron chi connectivity index (χ4n) is 2.65. The topological polar surface area (TPSA) is 29.5 Å². The van der Waals surface area contributed by atoms with Crippen molar-refractivity contribution in [1.82, 2.24) is 4.90 Å². The van der Waals surface area contributed by atoms with E-state index in [9.17, 15) is 4.79 Å². The molecule has 0 unspecified atom stereocenters. The monoisotopic (exact) mass is 345 g/mol. The van der Waals surface area contributed by atoms with E-state index in [1.54, 1.807) is 0 Å². The molecule has 2 rings (SSSR count). The van der Waals surface area contributed by atoms with Crippen molar-refractivity contribution in [1.29, 1.82) is 0 Å². The van der Waals surface area contributed by atoms with E-state index in [1.807, 2.05) is 0 Å². The van der Waals surface area contributed by atoms with Gasteiger partial charge in [-0.05, 0) is 48.3 Å². The second-order valence-corrected chi connectivity index (χ2v) is 13.2. The van der Waals surface area contributed by atoms with E-state index in [2.05, 4.69) is 70.1 Å². The van der Waals surface area contributed by atoms with Crippen molar-refractivity contribution in [3.8, 4) is 0 Å². The zero-order chi connectivity index (χ0) is 18.0. The quantitative estimate of drug-likeness (QED) is 0.581. The minimum atomic E-state index is -1.72. The zero-order valence-electron chi connectivity index (χ0n) is 16.0. The summed E-state index contributed by atoms with van der Waals surface area (Å²) in [5.41, 5.74) is 4.47. The molecule has 3 nitrogen and oxygen atoms in total. The number of rotatable bonds is 5. The highest BCUT2D eigenvalue weighted by Crippen LogP contribution is 2.37. The molecule has 0 spiro atoms. The van der Waals surface area contributed by atoms with Gasteiger partial charge in [-0.3, -0.25) is 4.79 Å². The molecular weight excluding hydrogens is 314 g/mol. The van der Waals surface area contributed by atoms with Gasteiger partial charge in [0.1, 0.15) is 6.29 Å². The predicted octanol–water partition coefficient (Wildman–Crippen LogP) is 4.50. The summed E-state index contributed by atoms with van der Waals surface area (Å²) in [4.78, 5) is 13.6. The summed E-state index contributed by atoms with van der Waals surface area (Å²) in [5, 5.41) is 0.227. The summed E-state index contributed by atoms with van der Waals surface area (Å²) in [5.74, 6) is 0. The van der Waals surface area contributed by atoms with Crippen LogP contribution in [-0.2, 0) is 15.8 Å². The molecule has 0 bridgehead atoms.